The highest BCUT2D eigenvalue weighted by Gasteiger charge is 2.12. The van der Waals surface area contributed by atoms with Gasteiger partial charge in [0, 0.05) is 5.56 Å². The molecule has 0 fully saturated rings. The van der Waals surface area contributed by atoms with Crippen molar-refractivity contribution >= 4 is 11.6 Å². The molecule has 0 saturated carbocycles. The summed E-state index contributed by atoms with van der Waals surface area (Å²) in [6, 6.07) is 2.93. The Kier molecular flexibility index (Phi) is 4.85. The van der Waals surface area contributed by atoms with Crippen molar-refractivity contribution in [1.82, 2.24) is 0 Å². The molecular formula is C11H15ClFNO. The van der Waals surface area contributed by atoms with Crippen molar-refractivity contribution in [3.8, 4) is 5.75 Å². The van der Waals surface area contributed by atoms with E-state index in [4.69, 9.17) is 22.1 Å². The van der Waals surface area contributed by atoms with Crippen LogP contribution in [0.25, 0.3) is 0 Å². The van der Waals surface area contributed by atoms with Crippen LogP contribution in [0.1, 0.15) is 18.9 Å². The van der Waals surface area contributed by atoms with E-state index in [0.717, 1.165) is 6.42 Å². The zero-order valence-electron chi connectivity index (χ0n) is 8.72. The molecule has 1 aromatic rings. The van der Waals surface area contributed by atoms with Gasteiger partial charge in [0.25, 0.3) is 0 Å². The third-order valence-electron chi connectivity index (χ3n) is 2.08. The molecule has 15 heavy (non-hydrogen) atoms. The molecule has 0 bridgehead atoms. The molecule has 84 valence electrons. The molecule has 4 heteroatoms. The fraction of sp³-hybridized carbons (Fsp3) is 0.455. The first-order valence-electron chi connectivity index (χ1n) is 5.00. The molecule has 1 rings (SSSR count). The molecule has 0 amide bonds. The minimum absolute atomic E-state index is 0.148. The number of halogens is 2. The summed E-state index contributed by atoms with van der Waals surface area (Å²) in [6.07, 6.45) is 1.41. The van der Waals surface area contributed by atoms with E-state index in [1.165, 1.54) is 6.07 Å². The van der Waals surface area contributed by atoms with E-state index in [1.54, 1.807) is 6.07 Å². The maximum absolute atomic E-state index is 13.2. The lowest BCUT2D eigenvalue weighted by Gasteiger charge is -2.11. The first-order valence-corrected chi connectivity index (χ1v) is 5.38. The maximum Gasteiger partial charge on any atom is 0.142 e. The topological polar surface area (TPSA) is 35.2 Å². The van der Waals surface area contributed by atoms with Crippen molar-refractivity contribution in [3.63, 3.8) is 0 Å². The monoisotopic (exact) mass is 231 g/mol. The molecule has 0 heterocycles. The van der Waals surface area contributed by atoms with Crippen LogP contribution in [0.5, 0.6) is 5.75 Å². The van der Waals surface area contributed by atoms with E-state index in [-0.39, 0.29) is 5.02 Å². The number of hydrogen-bond acceptors (Lipinski definition) is 2. The van der Waals surface area contributed by atoms with Crippen LogP contribution in [0.15, 0.2) is 12.1 Å². The van der Waals surface area contributed by atoms with Crippen LogP contribution in [0.4, 0.5) is 4.39 Å². The van der Waals surface area contributed by atoms with Crippen molar-refractivity contribution < 1.29 is 9.13 Å². The average Bonchev–Trinajstić information content (AvgIpc) is 2.23. The quantitative estimate of drug-likeness (QED) is 0.846. The van der Waals surface area contributed by atoms with Gasteiger partial charge in [-0.1, -0.05) is 11.6 Å². The molecule has 0 unspecified atom stereocenters. The lowest BCUT2D eigenvalue weighted by molar-refractivity contribution is 0.335. The van der Waals surface area contributed by atoms with E-state index < -0.39 is 5.82 Å². The lowest BCUT2D eigenvalue weighted by atomic mass is 10.1. The van der Waals surface area contributed by atoms with Crippen LogP contribution in [0.3, 0.4) is 0 Å². The molecule has 0 radical (unpaired) electrons. The summed E-state index contributed by atoms with van der Waals surface area (Å²) in [5.74, 6) is 0.240. The van der Waals surface area contributed by atoms with Crippen LogP contribution in [0.2, 0.25) is 5.02 Å². The van der Waals surface area contributed by atoms with Gasteiger partial charge in [0.1, 0.15) is 11.6 Å². The highest BCUT2D eigenvalue weighted by Crippen LogP contribution is 2.30. The Morgan fingerprint density at radius 3 is 2.80 bits per heavy atom. The maximum atomic E-state index is 13.2. The molecule has 0 aliphatic rings. The fourth-order valence-electron chi connectivity index (χ4n) is 1.38. The minimum Gasteiger partial charge on any atom is -0.494 e. The minimum atomic E-state index is -0.410. The molecule has 0 atom stereocenters. The van der Waals surface area contributed by atoms with Crippen LogP contribution >= 0.6 is 11.6 Å². The van der Waals surface area contributed by atoms with Crippen LogP contribution in [-0.4, -0.2) is 13.2 Å². The van der Waals surface area contributed by atoms with Gasteiger partial charge in [0.15, 0.2) is 0 Å². The number of ether oxygens (including phenoxy) is 1. The predicted octanol–water partition coefficient (Wildman–Crippen LogP) is 2.77. The van der Waals surface area contributed by atoms with E-state index in [1.807, 2.05) is 6.92 Å². The van der Waals surface area contributed by atoms with Crippen molar-refractivity contribution in [3.05, 3.63) is 28.5 Å². The Hall–Kier alpha value is -0.800. The van der Waals surface area contributed by atoms with Crippen molar-refractivity contribution in [2.24, 2.45) is 5.73 Å². The van der Waals surface area contributed by atoms with Crippen molar-refractivity contribution in [2.75, 3.05) is 13.2 Å². The van der Waals surface area contributed by atoms with E-state index in [2.05, 4.69) is 0 Å². The van der Waals surface area contributed by atoms with E-state index in [9.17, 15) is 4.39 Å². The van der Waals surface area contributed by atoms with Gasteiger partial charge in [-0.3, -0.25) is 0 Å². The van der Waals surface area contributed by atoms with Gasteiger partial charge in [-0.05, 0) is 38.4 Å². The molecule has 0 saturated heterocycles. The second-order valence-corrected chi connectivity index (χ2v) is 3.54. The zero-order valence-corrected chi connectivity index (χ0v) is 9.48. The molecule has 2 N–H and O–H groups in total. The SMILES string of the molecule is CCOc1ccc(F)c(Cl)c1CCCN. The number of nitrogens with two attached hydrogens (primary N) is 1. The van der Waals surface area contributed by atoms with Gasteiger partial charge in [0.05, 0.1) is 11.6 Å². The first-order chi connectivity index (χ1) is 7.20. The van der Waals surface area contributed by atoms with Crippen LogP contribution in [0, 0.1) is 5.82 Å². The molecule has 0 aromatic heterocycles. The standard InChI is InChI=1S/C11H15ClFNO/c1-2-15-10-6-5-9(13)11(12)8(10)4-3-7-14/h5-6H,2-4,7,14H2,1H3. The average molecular weight is 232 g/mol. The van der Waals surface area contributed by atoms with Crippen LogP contribution in [-0.2, 0) is 6.42 Å². The third kappa shape index (κ3) is 3.08. The second-order valence-electron chi connectivity index (χ2n) is 3.16. The Bertz CT molecular complexity index is 331. The van der Waals surface area contributed by atoms with Gasteiger partial charge in [0.2, 0.25) is 0 Å². The summed E-state index contributed by atoms with van der Waals surface area (Å²) in [5.41, 5.74) is 6.12. The third-order valence-corrected chi connectivity index (χ3v) is 2.49. The van der Waals surface area contributed by atoms with Crippen LogP contribution < -0.4 is 10.5 Å². The van der Waals surface area contributed by atoms with Gasteiger partial charge in [-0.15, -0.1) is 0 Å². The summed E-state index contributed by atoms with van der Waals surface area (Å²) in [5, 5.41) is 0.148. The first kappa shape index (κ1) is 12.3. The highest BCUT2D eigenvalue weighted by atomic mass is 35.5. The molecule has 0 aliphatic carbocycles. The normalized spacial score (nSPS) is 10.4. The number of hydrogen-bond donors (Lipinski definition) is 1. The largest absolute Gasteiger partial charge is 0.494 e. The van der Waals surface area contributed by atoms with Gasteiger partial charge in [-0.25, -0.2) is 4.39 Å². The van der Waals surface area contributed by atoms with E-state index >= 15 is 0 Å². The molecule has 2 nitrogen and oxygen atoms in total. The summed E-state index contributed by atoms with van der Waals surface area (Å²) in [4.78, 5) is 0. The molecule has 1 aromatic carbocycles. The van der Waals surface area contributed by atoms with Gasteiger partial charge >= 0.3 is 0 Å². The van der Waals surface area contributed by atoms with Crippen molar-refractivity contribution in [2.45, 2.75) is 19.8 Å². The molecular weight excluding hydrogens is 217 g/mol. The lowest BCUT2D eigenvalue weighted by Crippen LogP contribution is -2.04. The Morgan fingerprint density at radius 2 is 2.20 bits per heavy atom. The zero-order chi connectivity index (χ0) is 11.3. The van der Waals surface area contributed by atoms with Gasteiger partial charge in [-0.2, -0.15) is 0 Å². The fourth-order valence-corrected chi connectivity index (χ4v) is 1.63. The summed E-state index contributed by atoms with van der Waals surface area (Å²) >= 11 is 5.87. The Balaban J connectivity index is 2.99. The summed E-state index contributed by atoms with van der Waals surface area (Å²) in [6.45, 7) is 2.97. The Morgan fingerprint density at radius 1 is 1.47 bits per heavy atom. The summed E-state index contributed by atoms with van der Waals surface area (Å²) < 4.78 is 18.6. The molecule has 0 spiro atoms. The smallest absolute Gasteiger partial charge is 0.142 e. The number of benzene rings is 1. The highest BCUT2D eigenvalue weighted by molar-refractivity contribution is 6.31. The predicted molar refractivity (Wildman–Crippen MR) is 60.0 cm³/mol. The molecule has 0 aliphatic heterocycles. The van der Waals surface area contributed by atoms with E-state index in [0.29, 0.717) is 30.9 Å². The van der Waals surface area contributed by atoms with Gasteiger partial charge < -0.3 is 10.5 Å². The van der Waals surface area contributed by atoms with Crippen molar-refractivity contribution in [1.29, 1.82) is 0 Å². The second kappa shape index (κ2) is 5.93. The number of rotatable bonds is 5. The Labute approximate surface area is 94.2 Å². The summed E-state index contributed by atoms with van der Waals surface area (Å²) in [7, 11) is 0.